The molecular formula is C11H12BBrN2O. The first-order valence-corrected chi connectivity index (χ1v) is 5.64. The molecule has 5 heteroatoms. The van der Waals surface area contributed by atoms with Crippen LogP contribution in [0.2, 0.25) is 0 Å². The first-order chi connectivity index (χ1) is 7.57. The predicted octanol–water partition coefficient (Wildman–Crippen LogP) is 1.25. The molecule has 3 nitrogen and oxygen atoms in total. The van der Waals surface area contributed by atoms with Crippen LogP contribution in [0.3, 0.4) is 0 Å². The molecule has 0 aliphatic carbocycles. The second-order valence-electron chi connectivity index (χ2n) is 3.74. The van der Waals surface area contributed by atoms with E-state index in [2.05, 4.69) is 33.5 Å². The number of nitrogens with zero attached hydrogens (tertiary/aromatic N) is 2. The summed E-state index contributed by atoms with van der Waals surface area (Å²) in [4.78, 5) is 4.25. The van der Waals surface area contributed by atoms with Gasteiger partial charge in [0, 0.05) is 0 Å². The van der Waals surface area contributed by atoms with Crippen LogP contribution in [-0.4, -0.2) is 30.1 Å². The number of aliphatic hydroxyl groups is 1. The number of hydrogen-bond acceptors (Lipinski definition) is 3. The van der Waals surface area contributed by atoms with Gasteiger partial charge in [-0.2, -0.15) is 0 Å². The Balaban J connectivity index is 3.34. The van der Waals surface area contributed by atoms with E-state index in [1.807, 2.05) is 6.07 Å². The van der Waals surface area contributed by atoms with E-state index in [1.165, 1.54) is 0 Å². The van der Waals surface area contributed by atoms with E-state index in [4.69, 9.17) is 5.26 Å². The van der Waals surface area contributed by atoms with Gasteiger partial charge in [0.25, 0.3) is 0 Å². The molecule has 0 spiro atoms. The predicted molar refractivity (Wildman–Crippen MR) is 68.6 cm³/mol. The van der Waals surface area contributed by atoms with Crippen LogP contribution in [0.5, 0.6) is 0 Å². The third-order valence-electron chi connectivity index (χ3n) is 2.43. The molecule has 16 heavy (non-hydrogen) atoms. The van der Waals surface area contributed by atoms with Crippen molar-refractivity contribution in [3.63, 3.8) is 0 Å². The molecule has 1 unspecified atom stereocenters. The topological polar surface area (TPSA) is 56.9 Å². The fourth-order valence-electron chi connectivity index (χ4n) is 1.43. The van der Waals surface area contributed by atoms with Gasteiger partial charge in [-0.1, -0.05) is 0 Å². The van der Waals surface area contributed by atoms with Crippen LogP contribution in [0.4, 0.5) is 0 Å². The molecule has 0 saturated heterocycles. The summed E-state index contributed by atoms with van der Waals surface area (Å²) < 4.78 is 0.797. The Labute approximate surface area is 104 Å². The Bertz CT molecular complexity index is 444. The molecule has 82 valence electrons. The van der Waals surface area contributed by atoms with Crippen molar-refractivity contribution < 1.29 is 5.11 Å². The molecule has 0 bridgehead atoms. The molecule has 1 aromatic heterocycles. The second-order valence-corrected chi connectivity index (χ2v) is 4.66. The molecule has 1 N–H and O–H groups in total. The van der Waals surface area contributed by atoms with E-state index >= 15 is 0 Å². The van der Waals surface area contributed by atoms with E-state index in [0.29, 0.717) is 6.32 Å². The molecule has 1 atom stereocenters. The number of rotatable bonds is 4. The van der Waals surface area contributed by atoms with Crippen LogP contribution in [-0.2, 0) is 11.7 Å². The van der Waals surface area contributed by atoms with Gasteiger partial charge in [0.1, 0.15) is 0 Å². The zero-order valence-corrected chi connectivity index (χ0v) is 10.7. The first-order valence-electron chi connectivity index (χ1n) is 4.85. The van der Waals surface area contributed by atoms with Gasteiger partial charge in [-0.15, -0.1) is 0 Å². The molecule has 0 saturated carbocycles. The van der Waals surface area contributed by atoms with Gasteiger partial charge >= 0.3 is 104 Å². The summed E-state index contributed by atoms with van der Waals surface area (Å²) in [5, 5.41) is 18.5. The molecule has 0 amide bonds. The molecule has 1 rings (SSSR count). The number of aliphatic hydroxyl groups excluding tert-OH is 1. The van der Waals surface area contributed by atoms with Crippen LogP contribution in [0, 0.1) is 11.3 Å². The molecule has 0 radical (unpaired) electrons. The summed E-state index contributed by atoms with van der Waals surface area (Å²) >= 11 is 3.32. The van der Waals surface area contributed by atoms with Gasteiger partial charge in [-0.05, 0) is 0 Å². The van der Waals surface area contributed by atoms with Crippen molar-refractivity contribution in [3.05, 3.63) is 28.0 Å². The Morgan fingerprint density at radius 3 is 2.94 bits per heavy atom. The standard InChI is InChI=1S/C11H12BBrN2O/c1-11(6-14,7-16)9-3-8(13)5-15-10(9)4-12-2/h3,5,16H,2,4,7H2,1H3. The van der Waals surface area contributed by atoms with Crippen molar-refractivity contribution >= 4 is 29.3 Å². The summed E-state index contributed by atoms with van der Waals surface area (Å²) in [5.41, 5.74) is 0.595. The Morgan fingerprint density at radius 1 is 1.75 bits per heavy atom. The maximum atomic E-state index is 9.33. The van der Waals surface area contributed by atoms with E-state index in [0.717, 1.165) is 15.7 Å². The van der Waals surface area contributed by atoms with E-state index < -0.39 is 5.41 Å². The van der Waals surface area contributed by atoms with Crippen LogP contribution in [0.25, 0.3) is 0 Å². The van der Waals surface area contributed by atoms with Crippen molar-refractivity contribution in [2.45, 2.75) is 18.7 Å². The number of nitriles is 1. The van der Waals surface area contributed by atoms with Gasteiger partial charge in [0.15, 0.2) is 0 Å². The Kier molecular flexibility index (Phi) is 4.39. The number of pyridine rings is 1. The average Bonchev–Trinajstić information content (AvgIpc) is 2.31. The van der Waals surface area contributed by atoms with Crippen molar-refractivity contribution in [1.82, 2.24) is 4.98 Å². The average molecular weight is 279 g/mol. The molecule has 1 aromatic rings. The summed E-state index contributed by atoms with van der Waals surface area (Å²) in [6, 6.07) is 3.95. The molecule has 0 fully saturated rings. The number of halogens is 1. The molecule has 0 aliphatic rings. The molecule has 0 aliphatic heterocycles. The van der Waals surface area contributed by atoms with Crippen LogP contribution in [0.15, 0.2) is 16.7 Å². The fraction of sp³-hybridized carbons (Fsp3) is 0.364. The zero-order chi connectivity index (χ0) is 12.2. The van der Waals surface area contributed by atoms with Gasteiger partial charge < -0.3 is 0 Å². The van der Waals surface area contributed by atoms with Crippen molar-refractivity contribution in [2.75, 3.05) is 6.61 Å². The SMILES string of the molecule is C=BCc1ncc(Br)cc1C(C)(C#N)CO. The summed E-state index contributed by atoms with van der Waals surface area (Å²) in [5.74, 6) is 0. The van der Waals surface area contributed by atoms with Crippen LogP contribution >= 0.6 is 15.9 Å². The van der Waals surface area contributed by atoms with Crippen LogP contribution in [0.1, 0.15) is 18.2 Å². The van der Waals surface area contributed by atoms with Gasteiger partial charge in [0.2, 0.25) is 0 Å². The fourth-order valence-corrected chi connectivity index (χ4v) is 1.76. The second kappa shape index (κ2) is 5.38. The monoisotopic (exact) mass is 278 g/mol. The molecule has 1 heterocycles. The third-order valence-corrected chi connectivity index (χ3v) is 2.87. The quantitative estimate of drug-likeness (QED) is 0.844. The summed E-state index contributed by atoms with van der Waals surface area (Å²) in [6.07, 6.45) is 2.26. The first kappa shape index (κ1) is 13.1. The zero-order valence-electron chi connectivity index (χ0n) is 9.07. The van der Waals surface area contributed by atoms with Crippen molar-refractivity contribution in [3.8, 4) is 6.07 Å². The van der Waals surface area contributed by atoms with Crippen LogP contribution < -0.4 is 0 Å². The number of hydrogen-bond donors (Lipinski definition) is 1. The molecular weight excluding hydrogens is 267 g/mol. The Hall–Kier alpha value is -0.985. The minimum absolute atomic E-state index is 0.230. The third kappa shape index (κ3) is 2.57. The maximum absolute atomic E-state index is 9.33. The normalized spacial score (nSPS) is 13.6. The summed E-state index contributed by atoms with van der Waals surface area (Å²) in [7, 11) is 0. The number of aromatic nitrogens is 1. The van der Waals surface area contributed by atoms with Crippen molar-refractivity contribution in [1.29, 1.82) is 5.26 Å². The van der Waals surface area contributed by atoms with Gasteiger partial charge in [0.05, 0.1) is 0 Å². The minimum atomic E-state index is -0.922. The van der Waals surface area contributed by atoms with E-state index in [-0.39, 0.29) is 6.61 Å². The van der Waals surface area contributed by atoms with E-state index in [1.54, 1.807) is 20.0 Å². The van der Waals surface area contributed by atoms with Crippen molar-refractivity contribution in [2.24, 2.45) is 0 Å². The molecule has 0 aromatic carbocycles. The van der Waals surface area contributed by atoms with E-state index in [9.17, 15) is 5.11 Å². The summed E-state index contributed by atoms with van der Waals surface area (Å²) in [6.45, 7) is 6.85. The van der Waals surface area contributed by atoms with Gasteiger partial charge in [-0.3, -0.25) is 0 Å². The van der Waals surface area contributed by atoms with Gasteiger partial charge in [-0.25, -0.2) is 0 Å². The Morgan fingerprint density at radius 2 is 2.44 bits per heavy atom.